The summed E-state index contributed by atoms with van der Waals surface area (Å²) in [7, 11) is 0. The van der Waals surface area contributed by atoms with Crippen molar-refractivity contribution in [2.45, 2.75) is 6.61 Å². The molecule has 0 saturated carbocycles. The van der Waals surface area contributed by atoms with Crippen molar-refractivity contribution in [1.82, 2.24) is 4.98 Å². The van der Waals surface area contributed by atoms with Crippen molar-refractivity contribution in [3.05, 3.63) is 72.4 Å². The summed E-state index contributed by atoms with van der Waals surface area (Å²) in [6.07, 6.45) is 2.21. The Balaban J connectivity index is 2.19. The zero-order valence-corrected chi connectivity index (χ0v) is 12.4. The van der Waals surface area contributed by atoms with Crippen LogP contribution in [0.1, 0.15) is 15.9 Å². The average Bonchev–Trinajstić information content (AvgIpc) is 2.58. The van der Waals surface area contributed by atoms with E-state index in [-0.39, 0.29) is 24.5 Å². The van der Waals surface area contributed by atoms with Crippen LogP contribution in [0.25, 0.3) is 0 Å². The maximum atomic E-state index is 12.3. The second-order valence-electron chi connectivity index (χ2n) is 4.62. The van der Waals surface area contributed by atoms with Crippen molar-refractivity contribution in [1.29, 1.82) is 0 Å². The third-order valence-electron chi connectivity index (χ3n) is 3.01. The number of aromatic nitrogens is 1. The fraction of sp³-hybridized carbons (Fsp3) is 0.118. The third-order valence-corrected chi connectivity index (χ3v) is 3.01. The summed E-state index contributed by atoms with van der Waals surface area (Å²) < 4.78 is 5.24. The number of carboxylic acids is 1. The average molecular weight is 312 g/mol. The lowest BCUT2D eigenvalue weighted by Crippen LogP contribution is -2.33. The van der Waals surface area contributed by atoms with Gasteiger partial charge in [-0.05, 0) is 17.7 Å². The predicted octanol–water partition coefficient (Wildman–Crippen LogP) is 3.11. The Morgan fingerprint density at radius 3 is 2.61 bits per heavy atom. The van der Waals surface area contributed by atoms with E-state index < -0.39 is 12.1 Å². The van der Waals surface area contributed by atoms with Gasteiger partial charge in [-0.15, -0.1) is 6.58 Å². The van der Waals surface area contributed by atoms with Crippen LogP contribution in [-0.2, 0) is 11.3 Å². The first-order valence-electron chi connectivity index (χ1n) is 6.91. The molecule has 2 rings (SSSR count). The van der Waals surface area contributed by atoms with Crippen molar-refractivity contribution in [2.24, 2.45) is 0 Å². The molecule has 0 aliphatic carbocycles. The van der Waals surface area contributed by atoms with E-state index in [2.05, 4.69) is 11.6 Å². The second-order valence-corrected chi connectivity index (χ2v) is 4.62. The lowest BCUT2D eigenvalue weighted by Gasteiger charge is -2.21. The van der Waals surface area contributed by atoms with Crippen LogP contribution in [0.15, 0.2) is 61.3 Å². The van der Waals surface area contributed by atoms with Crippen LogP contribution in [0.2, 0.25) is 0 Å². The van der Waals surface area contributed by atoms with E-state index in [0.29, 0.717) is 0 Å². The molecule has 0 saturated heterocycles. The molecule has 2 aromatic rings. The molecule has 1 aromatic carbocycles. The highest BCUT2D eigenvalue weighted by atomic mass is 16.6. The SMILES string of the molecule is C=CCN(C(=O)OCc1ccccc1)c1ncccc1C(=O)O. The predicted molar refractivity (Wildman–Crippen MR) is 85.4 cm³/mol. The van der Waals surface area contributed by atoms with E-state index >= 15 is 0 Å². The molecule has 1 aromatic heterocycles. The topological polar surface area (TPSA) is 79.7 Å². The van der Waals surface area contributed by atoms with Gasteiger partial charge in [0.25, 0.3) is 0 Å². The largest absolute Gasteiger partial charge is 0.478 e. The molecule has 23 heavy (non-hydrogen) atoms. The molecule has 0 fully saturated rings. The van der Waals surface area contributed by atoms with Crippen molar-refractivity contribution in [3.63, 3.8) is 0 Å². The van der Waals surface area contributed by atoms with Crippen molar-refractivity contribution in [2.75, 3.05) is 11.4 Å². The normalized spacial score (nSPS) is 9.91. The number of carbonyl (C=O) groups excluding carboxylic acids is 1. The van der Waals surface area contributed by atoms with Gasteiger partial charge < -0.3 is 9.84 Å². The van der Waals surface area contributed by atoms with E-state index in [9.17, 15) is 14.7 Å². The van der Waals surface area contributed by atoms with Gasteiger partial charge in [0.2, 0.25) is 0 Å². The Bertz CT molecular complexity index is 701. The standard InChI is InChI=1S/C17H16N2O4/c1-2-11-19(15-14(16(20)21)9-6-10-18-15)17(22)23-12-13-7-4-3-5-8-13/h2-10H,1,11-12H2,(H,20,21). The van der Waals surface area contributed by atoms with Gasteiger partial charge in [0.05, 0.1) is 0 Å². The molecule has 1 heterocycles. The lowest BCUT2D eigenvalue weighted by atomic mass is 10.2. The Kier molecular flexibility index (Phi) is 5.46. The Hall–Kier alpha value is -3.15. The molecule has 1 amide bonds. The lowest BCUT2D eigenvalue weighted by molar-refractivity contribution is 0.0697. The minimum Gasteiger partial charge on any atom is -0.478 e. The van der Waals surface area contributed by atoms with E-state index in [4.69, 9.17) is 4.74 Å². The monoisotopic (exact) mass is 312 g/mol. The number of nitrogens with zero attached hydrogens (tertiary/aromatic N) is 2. The zero-order valence-electron chi connectivity index (χ0n) is 12.4. The Labute approximate surface area is 133 Å². The first-order chi connectivity index (χ1) is 11.1. The highest BCUT2D eigenvalue weighted by Crippen LogP contribution is 2.18. The molecular formula is C17H16N2O4. The third kappa shape index (κ3) is 4.16. The molecule has 6 heteroatoms. The maximum Gasteiger partial charge on any atom is 0.416 e. The fourth-order valence-electron chi connectivity index (χ4n) is 1.95. The quantitative estimate of drug-likeness (QED) is 0.829. The van der Waals surface area contributed by atoms with E-state index in [0.717, 1.165) is 10.5 Å². The molecule has 0 radical (unpaired) electrons. The number of aromatic carboxylic acids is 1. The Morgan fingerprint density at radius 2 is 1.96 bits per heavy atom. The minimum absolute atomic E-state index is 0.0259. The Morgan fingerprint density at radius 1 is 1.22 bits per heavy atom. The van der Waals surface area contributed by atoms with Gasteiger partial charge in [-0.25, -0.2) is 14.6 Å². The number of carboxylic acid groups (broad SMARTS) is 1. The first-order valence-corrected chi connectivity index (χ1v) is 6.91. The second kappa shape index (κ2) is 7.74. The van der Waals surface area contributed by atoms with Gasteiger partial charge in [0.15, 0.2) is 5.82 Å². The number of hydrogen-bond acceptors (Lipinski definition) is 4. The molecule has 0 atom stereocenters. The summed E-state index contributed by atoms with van der Waals surface area (Å²) in [5.74, 6) is -1.14. The van der Waals surface area contributed by atoms with Gasteiger partial charge in [-0.2, -0.15) is 0 Å². The summed E-state index contributed by atoms with van der Waals surface area (Å²) in [6, 6.07) is 12.1. The van der Waals surface area contributed by atoms with Crippen LogP contribution in [0.3, 0.4) is 0 Å². The highest BCUT2D eigenvalue weighted by Gasteiger charge is 2.23. The molecule has 0 unspecified atom stereocenters. The van der Waals surface area contributed by atoms with Crippen LogP contribution in [0, 0.1) is 0 Å². The summed E-state index contributed by atoms with van der Waals surface area (Å²) in [6.45, 7) is 3.75. The fourth-order valence-corrected chi connectivity index (χ4v) is 1.95. The van der Waals surface area contributed by atoms with E-state index in [1.54, 1.807) is 0 Å². The number of anilines is 1. The van der Waals surface area contributed by atoms with Crippen molar-refractivity contribution < 1.29 is 19.4 Å². The molecular weight excluding hydrogens is 296 g/mol. The summed E-state index contributed by atoms with van der Waals surface area (Å²) >= 11 is 0. The first kappa shape index (κ1) is 16.2. The maximum absolute atomic E-state index is 12.3. The number of rotatable bonds is 6. The molecule has 0 aliphatic rings. The van der Waals surface area contributed by atoms with Crippen LogP contribution >= 0.6 is 0 Å². The molecule has 1 N–H and O–H groups in total. The minimum atomic E-state index is -1.17. The van der Waals surface area contributed by atoms with Gasteiger partial charge in [-0.1, -0.05) is 36.4 Å². The van der Waals surface area contributed by atoms with Crippen LogP contribution in [0.4, 0.5) is 10.6 Å². The van der Waals surface area contributed by atoms with Gasteiger partial charge in [0.1, 0.15) is 12.2 Å². The van der Waals surface area contributed by atoms with Gasteiger partial charge >= 0.3 is 12.1 Å². The summed E-state index contributed by atoms with van der Waals surface area (Å²) in [5.41, 5.74) is 0.755. The number of pyridine rings is 1. The number of amides is 1. The summed E-state index contributed by atoms with van der Waals surface area (Å²) in [4.78, 5) is 28.7. The smallest absolute Gasteiger partial charge is 0.416 e. The molecule has 0 aliphatic heterocycles. The van der Waals surface area contributed by atoms with Crippen LogP contribution in [-0.4, -0.2) is 28.7 Å². The molecule has 0 spiro atoms. The number of carbonyl (C=O) groups is 2. The van der Waals surface area contributed by atoms with Gasteiger partial charge in [0, 0.05) is 12.7 Å². The van der Waals surface area contributed by atoms with Crippen LogP contribution in [0.5, 0.6) is 0 Å². The van der Waals surface area contributed by atoms with Crippen molar-refractivity contribution in [3.8, 4) is 0 Å². The van der Waals surface area contributed by atoms with E-state index in [1.165, 1.54) is 24.4 Å². The summed E-state index contributed by atoms with van der Waals surface area (Å²) in [5, 5.41) is 9.23. The number of hydrogen-bond donors (Lipinski definition) is 1. The highest BCUT2D eigenvalue weighted by molar-refractivity contribution is 5.98. The number of ether oxygens (including phenoxy) is 1. The molecule has 0 bridgehead atoms. The molecule has 118 valence electrons. The van der Waals surface area contributed by atoms with Crippen LogP contribution < -0.4 is 4.90 Å². The number of benzene rings is 1. The zero-order chi connectivity index (χ0) is 16.7. The molecule has 6 nitrogen and oxygen atoms in total. The van der Waals surface area contributed by atoms with Crippen molar-refractivity contribution >= 4 is 17.9 Å². The van der Waals surface area contributed by atoms with Gasteiger partial charge in [-0.3, -0.25) is 4.90 Å². The van der Waals surface area contributed by atoms with E-state index in [1.807, 2.05) is 30.3 Å².